The van der Waals surface area contributed by atoms with E-state index in [4.69, 9.17) is 4.42 Å². The number of ketones is 1. The maximum Gasteiger partial charge on any atom is 0.270 e. The number of hydrogen-bond acceptors (Lipinski definition) is 6. The van der Waals surface area contributed by atoms with E-state index in [1.165, 1.54) is 24.8 Å². The second kappa shape index (κ2) is 3.79. The predicted octanol–water partition coefficient (Wildman–Crippen LogP) is 0.508. The summed E-state index contributed by atoms with van der Waals surface area (Å²) >= 11 is 0. The molecular formula is C9H5N3O3. The third-order valence-corrected chi connectivity index (χ3v) is 1.63. The molecular weight excluding hydrogens is 198 g/mol. The molecule has 0 spiro atoms. The second-order valence-electron chi connectivity index (χ2n) is 2.61. The first-order valence-corrected chi connectivity index (χ1v) is 4.03. The van der Waals surface area contributed by atoms with Crippen LogP contribution in [0, 0.1) is 0 Å². The zero-order chi connectivity index (χ0) is 10.7. The minimum absolute atomic E-state index is 0.00207. The Kier molecular flexibility index (Phi) is 2.32. The van der Waals surface area contributed by atoms with Gasteiger partial charge < -0.3 is 4.42 Å². The van der Waals surface area contributed by atoms with Crippen molar-refractivity contribution in [3.8, 4) is 0 Å². The maximum atomic E-state index is 11.6. The molecule has 2 aromatic heterocycles. The Morgan fingerprint density at radius 2 is 2.13 bits per heavy atom. The Morgan fingerprint density at radius 1 is 1.27 bits per heavy atom. The SMILES string of the molecule is O=Cc1cnc(C(=O)c2cnccn2)o1. The number of rotatable bonds is 3. The lowest BCUT2D eigenvalue weighted by atomic mass is 10.3. The third-order valence-electron chi connectivity index (χ3n) is 1.63. The van der Waals surface area contributed by atoms with E-state index in [1.807, 2.05) is 0 Å². The Balaban J connectivity index is 2.32. The van der Waals surface area contributed by atoms with Crippen LogP contribution in [0.5, 0.6) is 0 Å². The van der Waals surface area contributed by atoms with E-state index in [9.17, 15) is 9.59 Å². The fraction of sp³-hybridized carbons (Fsp3) is 0. The van der Waals surface area contributed by atoms with E-state index in [0.29, 0.717) is 6.29 Å². The van der Waals surface area contributed by atoms with Gasteiger partial charge in [0.1, 0.15) is 5.69 Å². The van der Waals surface area contributed by atoms with Gasteiger partial charge in [0.2, 0.25) is 0 Å². The summed E-state index contributed by atoms with van der Waals surface area (Å²) in [6.07, 6.45) is 5.78. The van der Waals surface area contributed by atoms with Crippen LogP contribution in [-0.2, 0) is 0 Å². The van der Waals surface area contributed by atoms with Crippen molar-refractivity contribution < 1.29 is 14.0 Å². The number of aromatic nitrogens is 3. The first-order valence-electron chi connectivity index (χ1n) is 4.03. The van der Waals surface area contributed by atoms with Crippen molar-refractivity contribution in [1.29, 1.82) is 0 Å². The predicted molar refractivity (Wildman–Crippen MR) is 47.4 cm³/mol. The molecule has 6 nitrogen and oxygen atoms in total. The number of nitrogens with zero attached hydrogens (tertiary/aromatic N) is 3. The Hall–Kier alpha value is -2.37. The van der Waals surface area contributed by atoms with E-state index in [1.54, 1.807) is 0 Å². The fourth-order valence-electron chi connectivity index (χ4n) is 0.972. The van der Waals surface area contributed by atoms with Gasteiger partial charge in [0, 0.05) is 12.4 Å². The molecule has 2 heterocycles. The highest BCUT2D eigenvalue weighted by Gasteiger charge is 2.16. The van der Waals surface area contributed by atoms with E-state index in [2.05, 4.69) is 15.0 Å². The van der Waals surface area contributed by atoms with Crippen LogP contribution in [-0.4, -0.2) is 27.0 Å². The van der Waals surface area contributed by atoms with E-state index in [0.717, 1.165) is 0 Å². The minimum atomic E-state index is -0.504. The topological polar surface area (TPSA) is 86.0 Å². The molecule has 0 aliphatic heterocycles. The van der Waals surface area contributed by atoms with Crippen LogP contribution >= 0.6 is 0 Å². The number of carbonyl (C=O) groups is 2. The molecule has 15 heavy (non-hydrogen) atoms. The molecule has 6 heteroatoms. The van der Waals surface area contributed by atoms with Crippen LogP contribution in [0.2, 0.25) is 0 Å². The number of carbonyl (C=O) groups excluding carboxylic acids is 2. The Morgan fingerprint density at radius 3 is 2.73 bits per heavy atom. The standard InChI is InChI=1S/C9H5N3O3/c13-5-6-3-12-9(15-6)8(14)7-4-10-1-2-11-7/h1-5H. The van der Waals surface area contributed by atoms with Gasteiger partial charge in [0.15, 0.2) is 12.0 Å². The molecule has 0 aliphatic rings. The van der Waals surface area contributed by atoms with Crippen molar-refractivity contribution in [3.63, 3.8) is 0 Å². The van der Waals surface area contributed by atoms with Gasteiger partial charge in [-0.3, -0.25) is 14.6 Å². The Bertz CT molecular complexity index is 492. The third kappa shape index (κ3) is 1.78. The summed E-state index contributed by atoms with van der Waals surface area (Å²) in [6, 6.07) is 0. The number of aldehydes is 1. The molecule has 0 radical (unpaired) electrons. The summed E-state index contributed by atoms with van der Waals surface area (Å²) in [5, 5.41) is 0. The summed E-state index contributed by atoms with van der Waals surface area (Å²) in [5.74, 6) is -0.670. The van der Waals surface area contributed by atoms with Gasteiger partial charge in [-0.2, -0.15) is 0 Å². The molecule has 0 aromatic carbocycles. The normalized spacial score (nSPS) is 9.87. The molecule has 0 saturated carbocycles. The van der Waals surface area contributed by atoms with Crippen molar-refractivity contribution >= 4 is 12.1 Å². The smallest absolute Gasteiger partial charge is 0.270 e. The lowest BCUT2D eigenvalue weighted by Crippen LogP contribution is -2.04. The number of oxazole rings is 1. The molecule has 2 aromatic rings. The van der Waals surface area contributed by atoms with Crippen LogP contribution in [0.3, 0.4) is 0 Å². The van der Waals surface area contributed by atoms with Crippen molar-refractivity contribution in [3.05, 3.63) is 42.1 Å². The zero-order valence-corrected chi connectivity index (χ0v) is 7.45. The van der Waals surface area contributed by atoms with Crippen LogP contribution in [0.1, 0.15) is 26.9 Å². The van der Waals surface area contributed by atoms with E-state index < -0.39 is 5.78 Å². The first-order chi connectivity index (χ1) is 7.31. The summed E-state index contributed by atoms with van der Waals surface area (Å²) in [4.78, 5) is 33.1. The van der Waals surface area contributed by atoms with Crippen molar-refractivity contribution in [2.75, 3.05) is 0 Å². The molecule has 0 unspecified atom stereocenters. The van der Waals surface area contributed by atoms with Crippen LogP contribution in [0.25, 0.3) is 0 Å². The molecule has 0 N–H and O–H groups in total. The average Bonchev–Trinajstić information content (AvgIpc) is 2.78. The van der Waals surface area contributed by atoms with Gasteiger partial charge in [-0.05, 0) is 0 Å². The van der Waals surface area contributed by atoms with Crippen molar-refractivity contribution in [1.82, 2.24) is 15.0 Å². The molecule has 0 bridgehead atoms. The van der Waals surface area contributed by atoms with Crippen molar-refractivity contribution in [2.45, 2.75) is 0 Å². The summed E-state index contributed by atoms with van der Waals surface area (Å²) in [6.45, 7) is 0. The van der Waals surface area contributed by atoms with E-state index in [-0.39, 0.29) is 17.3 Å². The largest absolute Gasteiger partial charge is 0.431 e. The molecule has 0 saturated heterocycles. The van der Waals surface area contributed by atoms with Gasteiger partial charge in [0.25, 0.3) is 11.7 Å². The second-order valence-corrected chi connectivity index (χ2v) is 2.61. The highest BCUT2D eigenvalue weighted by atomic mass is 16.4. The number of hydrogen-bond donors (Lipinski definition) is 0. The van der Waals surface area contributed by atoms with Gasteiger partial charge in [-0.25, -0.2) is 9.97 Å². The lowest BCUT2D eigenvalue weighted by molar-refractivity contribution is 0.0993. The maximum absolute atomic E-state index is 11.6. The van der Waals surface area contributed by atoms with Crippen LogP contribution < -0.4 is 0 Å². The van der Waals surface area contributed by atoms with Crippen LogP contribution in [0.4, 0.5) is 0 Å². The van der Waals surface area contributed by atoms with E-state index >= 15 is 0 Å². The van der Waals surface area contributed by atoms with Gasteiger partial charge in [0.05, 0.1) is 12.4 Å². The van der Waals surface area contributed by atoms with Gasteiger partial charge in [-0.15, -0.1) is 0 Å². The average molecular weight is 203 g/mol. The van der Waals surface area contributed by atoms with Crippen LogP contribution in [0.15, 0.2) is 29.2 Å². The zero-order valence-electron chi connectivity index (χ0n) is 7.45. The molecule has 0 aliphatic carbocycles. The summed E-state index contributed by atoms with van der Waals surface area (Å²) in [7, 11) is 0. The first kappa shape index (κ1) is 9.20. The molecule has 0 amide bonds. The highest BCUT2D eigenvalue weighted by molar-refractivity contribution is 6.04. The quantitative estimate of drug-likeness (QED) is 0.533. The summed E-state index contributed by atoms with van der Waals surface area (Å²) < 4.78 is 4.85. The van der Waals surface area contributed by atoms with Crippen molar-refractivity contribution in [2.24, 2.45) is 0 Å². The molecule has 0 fully saturated rings. The monoisotopic (exact) mass is 203 g/mol. The molecule has 0 atom stereocenters. The molecule has 74 valence electrons. The highest BCUT2D eigenvalue weighted by Crippen LogP contribution is 2.06. The molecule has 2 rings (SSSR count). The Labute approximate surface area is 84.0 Å². The fourth-order valence-corrected chi connectivity index (χ4v) is 0.972. The van der Waals surface area contributed by atoms with Gasteiger partial charge in [-0.1, -0.05) is 0 Å². The minimum Gasteiger partial charge on any atom is -0.431 e. The lowest BCUT2D eigenvalue weighted by Gasteiger charge is -1.92. The van der Waals surface area contributed by atoms with Gasteiger partial charge >= 0.3 is 0 Å². The summed E-state index contributed by atoms with van der Waals surface area (Å²) in [5.41, 5.74) is 0.122.